The van der Waals surface area contributed by atoms with Gasteiger partial charge in [0.25, 0.3) is 0 Å². The van der Waals surface area contributed by atoms with Crippen LogP contribution in [-0.4, -0.2) is 32.8 Å². The van der Waals surface area contributed by atoms with Crippen molar-refractivity contribution in [1.29, 1.82) is 0 Å². The van der Waals surface area contributed by atoms with Crippen LogP contribution in [0.25, 0.3) is 0 Å². The number of rotatable bonds is 6. The van der Waals surface area contributed by atoms with E-state index in [1.807, 2.05) is 0 Å². The van der Waals surface area contributed by atoms with Crippen molar-refractivity contribution in [2.75, 3.05) is 11.9 Å². The van der Waals surface area contributed by atoms with Crippen molar-refractivity contribution in [2.45, 2.75) is 70.6 Å². The van der Waals surface area contributed by atoms with Crippen LogP contribution in [0.1, 0.15) is 82.2 Å². The number of hydrogen-bond donors (Lipinski definition) is 2. The minimum Gasteiger partial charge on any atom is -0.337 e. The van der Waals surface area contributed by atoms with Gasteiger partial charge >= 0.3 is 6.03 Å². The molecule has 28 heavy (non-hydrogen) atoms. The molecule has 0 spiro atoms. The Morgan fingerprint density at radius 1 is 1.14 bits per heavy atom. The summed E-state index contributed by atoms with van der Waals surface area (Å²) in [6, 6.07) is 6.08. The Bertz CT molecular complexity index is 794. The average molecular weight is 385 g/mol. The van der Waals surface area contributed by atoms with Gasteiger partial charge in [-0.2, -0.15) is 4.80 Å². The van der Waals surface area contributed by atoms with Gasteiger partial charge in [0.15, 0.2) is 5.82 Å². The summed E-state index contributed by atoms with van der Waals surface area (Å²) in [6.07, 6.45) is 4.18. The van der Waals surface area contributed by atoms with Gasteiger partial charge in [0.05, 0.1) is 12.5 Å². The van der Waals surface area contributed by atoms with Crippen LogP contribution in [0.2, 0.25) is 0 Å². The lowest BCUT2D eigenvalue weighted by atomic mass is 9.85. The molecule has 2 N–H and O–H groups in total. The Balaban J connectivity index is 1.76. The lowest BCUT2D eigenvalue weighted by molar-refractivity contribution is 0.247. The van der Waals surface area contributed by atoms with E-state index in [1.165, 1.54) is 4.80 Å². The van der Waals surface area contributed by atoms with Crippen LogP contribution in [-0.2, 0) is 12.5 Å². The zero-order valence-corrected chi connectivity index (χ0v) is 17.6. The number of nitrogens with one attached hydrogen (secondary N) is 2. The summed E-state index contributed by atoms with van der Waals surface area (Å²) in [5.41, 5.74) is 3.03. The number of nitrogens with zero attached hydrogens (tertiary/aromatic N) is 4. The molecule has 7 heteroatoms. The first-order chi connectivity index (χ1) is 13.3. The highest BCUT2D eigenvalue weighted by atomic mass is 16.2. The van der Waals surface area contributed by atoms with Crippen molar-refractivity contribution in [3.8, 4) is 0 Å². The molecule has 1 fully saturated rings. The summed E-state index contributed by atoms with van der Waals surface area (Å²) in [5, 5.41) is 18.9. The van der Waals surface area contributed by atoms with E-state index in [1.54, 1.807) is 7.05 Å². The number of benzene rings is 1. The highest BCUT2D eigenvalue weighted by molar-refractivity contribution is 5.91. The first-order valence-corrected chi connectivity index (χ1v) is 10.2. The molecule has 0 radical (unpaired) electrons. The van der Waals surface area contributed by atoms with Crippen LogP contribution < -0.4 is 10.6 Å². The van der Waals surface area contributed by atoms with Crippen molar-refractivity contribution in [3.05, 3.63) is 35.2 Å². The predicted octanol–water partition coefficient (Wildman–Crippen LogP) is 4.09. The first-order valence-electron chi connectivity index (χ1n) is 10.2. The molecule has 1 aromatic carbocycles. The normalized spacial score (nSPS) is 16.0. The minimum absolute atomic E-state index is 0.176. The Labute approximate surface area is 167 Å². The van der Waals surface area contributed by atoms with Gasteiger partial charge in [0.1, 0.15) is 0 Å². The van der Waals surface area contributed by atoms with Crippen LogP contribution in [0, 0.1) is 0 Å². The highest BCUT2D eigenvalue weighted by Gasteiger charge is 2.40. The van der Waals surface area contributed by atoms with Gasteiger partial charge in [-0.3, -0.25) is 0 Å². The molecule has 0 unspecified atom stereocenters. The van der Waals surface area contributed by atoms with Gasteiger partial charge in [0.2, 0.25) is 0 Å². The Hall–Kier alpha value is -2.44. The number of para-hydroxylation sites is 1. The predicted molar refractivity (Wildman–Crippen MR) is 111 cm³/mol. The van der Waals surface area contributed by atoms with Gasteiger partial charge in [-0.1, -0.05) is 58.7 Å². The smallest absolute Gasteiger partial charge is 0.319 e. The number of anilines is 1. The molecule has 1 heterocycles. The molecule has 7 nitrogen and oxygen atoms in total. The number of tetrazole rings is 1. The van der Waals surface area contributed by atoms with E-state index < -0.39 is 0 Å². The van der Waals surface area contributed by atoms with Crippen molar-refractivity contribution < 1.29 is 4.79 Å². The maximum absolute atomic E-state index is 12.8. The SMILES string of the molecule is CC(C)c1cccc(C(C)C)c1NC(=O)NCC1(c2nnn(C)n2)CCCC1. The first kappa shape index (κ1) is 20.3. The summed E-state index contributed by atoms with van der Waals surface area (Å²) < 4.78 is 0. The van der Waals surface area contributed by atoms with Gasteiger partial charge < -0.3 is 10.6 Å². The third-order valence-corrected chi connectivity index (χ3v) is 5.74. The summed E-state index contributed by atoms with van der Waals surface area (Å²) in [5.74, 6) is 1.40. The van der Waals surface area contributed by atoms with Crippen LogP contribution >= 0.6 is 0 Å². The minimum atomic E-state index is -0.218. The van der Waals surface area contributed by atoms with E-state index in [2.05, 4.69) is 71.9 Å². The van der Waals surface area contributed by atoms with Crippen molar-refractivity contribution in [2.24, 2.45) is 7.05 Å². The molecule has 152 valence electrons. The fraction of sp³-hybridized carbons (Fsp3) is 0.619. The van der Waals surface area contributed by atoms with Gasteiger partial charge in [0, 0.05) is 12.2 Å². The number of urea groups is 1. The van der Waals surface area contributed by atoms with Crippen LogP contribution in [0.4, 0.5) is 10.5 Å². The zero-order valence-electron chi connectivity index (χ0n) is 17.6. The number of amides is 2. The highest BCUT2D eigenvalue weighted by Crippen LogP contribution is 2.38. The summed E-state index contributed by atoms with van der Waals surface area (Å²) in [4.78, 5) is 14.3. The van der Waals surface area contributed by atoms with Crippen LogP contribution in [0.3, 0.4) is 0 Å². The second-order valence-corrected chi connectivity index (χ2v) is 8.52. The monoisotopic (exact) mass is 384 g/mol. The molecule has 1 saturated carbocycles. The molecule has 1 aliphatic rings. The molecule has 0 saturated heterocycles. The third kappa shape index (κ3) is 4.18. The van der Waals surface area contributed by atoms with Crippen molar-refractivity contribution >= 4 is 11.7 Å². The number of aryl methyl sites for hydroxylation is 1. The lowest BCUT2D eigenvalue weighted by Gasteiger charge is -2.26. The fourth-order valence-electron chi connectivity index (χ4n) is 4.13. The van der Waals surface area contributed by atoms with Crippen LogP contribution in [0.5, 0.6) is 0 Å². The maximum atomic E-state index is 12.8. The zero-order chi connectivity index (χ0) is 20.3. The molecule has 0 bridgehead atoms. The molecule has 2 amide bonds. The number of aromatic nitrogens is 4. The Kier molecular flexibility index (Phi) is 6.01. The Morgan fingerprint density at radius 3 is 2.25 bits per heavy atom. The van der Waals surface area contributed by atoms with Crippen molar-refractivity contribution in [1.82, 2.24) is 25.5 Å². The van der Waals surface area contributed by atoms with Gasteiger partial charge in [-0.25, -0.2) is 4.79 Å². The summed E-state index contributed by atoms with van der Waals surface area (Å²) >= 11 is 0. The number of carbonyl (C=O) groups is 1. The molecule has 0 atom stereocenters. The van der Waals surface area contributed by atoms with E-state index >= 15 is 0 Å². The van der Waals surface area contributed by atoms with Crippen molar-refractivity contribution in [3.63, 3.8) is 0 Å². The molecule has 3 rings (SSSR count). The largest absolute Gasteiger partial charge is 0.337 e. The standard InChI is InChI=1S/C21H32N6O/c1-14(2)16-9-8-10-17(15(3)4)18(16)23-20(28)22-13-21(11-6-7-12-21)19-24-26-27(5)25-19/h8-10,14-15H,6-7,11-13H2,1-5H3,(H2,22,23,28). The molecule has 0 aliphatic heterocycles. The molecular weight excluding hydrogens is 352 g/mol. The fourth-order valence-corrected chi connectivity index (χ4v) is 4.13. The summed E-state index contributed by atoms with van der Waals surface area (Å²) in [7, 11) is 1.77. The second kappa shape index (κ2) is 8.29. The average Bonchev–Trinajstić information content (AvgIpc) is 3.29. The summed E-state index contributed by atoms with van der Waals surface area (Å²) in [6.45, 7) is 9.11. The molecule has 1 aromatic heterocycles. The Morgan fingerprint density at radius 2 is 1.75 bits per heavy atom. The number of hydrogen-bond acceptors (Lipinski definition) is 4. The molecule has 2 aromatic rings. The van der Waals surface area contributed by atoms with E-state index in [0.717, 1.165) is 48.3 Å². The van der Waals surface area contributed by atoms with E-state index in [-0.39, 0.29) is 11.4 Å². The van der Waals surface area contributed by atoms with Gasteiger partial charge in [-0.05, 0) is 41.0 Å². The van der Waals surface area contributed by atoms with E-state index in [9.17, 15) is 4.79 Å². The molecule has 1 aliphatic carbocycles. The van der Waals surface area contributed by atoms with Crippen LogP contribution in [0.15, 0.2) is 18.2 Å². The maximum Gasteiger partial charge on any atom is 0.319 e. The lowest BCUT2D eigenvalue weighted by Crippen LogP contribution is -2.42. The van der Waals surface area contributed by atoms with E-state index in [0.29, 0.717) is 18.4 Å². The third-order valence-electron chi connectivity index (χ3n) is 5.74. The van der Waals surface area contributed by atoms with E-state index in [4.69, 9.17) is 0 Å². The number of carbonyl (C=O) groups excluding carboxylic acids is 1. The molecular formula is C21H32N6O. The quantitative estimate of drug-likeness (QED) is 0.785. The topological polar surface area (TPSA) is 84.7 Å². The second-order valence-electron chi connectivity index (χ2n) is 8.52. The van der Waals surface area contributed by atoms with Gasteiger partial charge in [-0.15, -0.1) is 10.2 Å².